The van der Waals surface area contributed by atoms with Crippen molar-refractivity contribution >= 4 is 23.5 Å². The molecule has 0 saturated carbocycles. The molecular formula is C14H19N3O2S. The van der Waals surface area contributed by atoms with Crippen LogP contribution in [0.15, 0.2) is 23.1 Å². The van der Waals surface area contributed by atoms with Crippen LogP contribution in [0.1, 0.15) is 5.56 Å². The van der Waals surface area contributed by atoms with Gasteiger partial charge in [-0.2, -0.15) is 0 Å². The van der Waals surface area contributed by atoms with Crippen LogP contribution in [0.3, 0.4) is 0 Å². The van der Waals surface area contributed by atoms with Crippen LogP contribution < -0.4 is 10.6 Å². The van der Waals surface area contributed by atoms with E-state index in [2.05, 4.69) is 23.1 Å². The Hall–Kier alpha value is -1.24. The molecule has 5 nitrogen and oxygen atoms in total. The fourth-order valence-corrected chi connectivity index (χ4v) is 3.67. The van der Waals surface area contributed by atoms with Crippen LogP contribution in [0.4, 0.5) is 5.69 Å². The van der Waals surface area contributed by atoms with Crippen molar-refractivity contribution in [2.24, 2.45) is 5.73 Å². The number of carbonyl (C=O) groups is 1. The predicted molar refractivity (Wildman–Crippen MR) is 79.8 cm³/mol. The highest BCUT2D eigenvalue weighted by Gasteiger charge is 2.28. The third kappa shape index (κ3) is 2.63. The molecule has 2 aliphatic rings. The Morgan fingerprint density at radius 2 is 2.15 bits per heavy atom. The van der Waals surface area contributed by atoms with Gasteiger partial charge in [-0.15, -0.1) is 0 Å². The van der Waals surface area contributed by atoms with Crippen LogP contribution >= 0.6 is 11.9 Å². The van der Waals surface area contributed by atoms with Crippen LogP contribution in [-0.4, -0.2) is 49.6 Å². The summed E-state index contributed by atoms with van der Waals surface area (Å²) in [6.07, 6.45) is 0.687. The first-order chi connectivity index (χ1) is 9.65. The number of nitrogens with zero attached hydrogens (tertiary/aromatic N) is 2. The lowest BCUT2D eigenvalue weighted by atomic mass is 10.0. The first kappa shape index (κ1) is 13.7. The van der Waals surface area contributed by atoms with Crippen molar-refractivity contribution in [1.29, 1.82) is 0 Å². The Labute approximate surface area is 123 Å². The number of anilines is 1. The van der Waals surface area contributed by atoms with E-state index in [4.69, 9.17) is 10.5 Å². The van der Waals surface area contributed by atoms with E-state index in [9.17, 15) is 4.79 Å². The Bertz CT molecular complexity index is 517. The van der Waals surface area contributed by atoms with Crippen molar-refractivity contribution < 1.29 is 9.53 Å². The van der Waals surface area contributed by atoms with Gasteiger partial charge in [-0.3, -0.25) is 4.79 Å². The summed E-state index contributed by atoms with van der Waals surface area (Å²) in [5, 5.41) is 0. The molecule has 1 amide bonds. The number of hydrogen-bond donors (Lipinski definition) is 1. The maximum Gasteiger partial charge on any atom is 0.236 e. The average Bonchev–Trinajstić information content (AvgIpc) is 2.47. The summed E-state index contributed by atoms with van der Waals surface area (Å²) in [6.45, 7) is 3.40. The van der Waals surface area contributed by atoms with E-state index < -0.39 is 0 Å². The van der Waals surface area contributed by atoms with E-state index in [1.54, 1.807) is 11.9 Å². The van der Waals surface area contributed by atoms with E-state index in [-0.39, 0.29) is 11.9 Å². The summed E-state index contributed by atoms with van der Waals surface area (Å²) in [5.74, 6) is -0.262. The average molecular weight is 293 g/mol. The third-order valence-corrected chi connectivity index (χ3v) is 4.98. The Balaban J connectivity index is 1.85. The number of benzene rings is 1. The molecule has 1 unspecified atom stereocenters. The molecule has 0 radical (unpaired) electrons. The second-order valence-electron chi connectivity index (χ2n) is 5.15. The van der Waals surface area contributed by atoms with Crippen molar-refractivity contribution in [3.63, 3.8) is 0 Å². The fourth-order valence-electron chi connectivity index (χ4n) is 2.67. The normalized spacial score (nSPS) is 23.4. The molecule has 2 heterocycles. The van der Waals surface area contributed by atoms with Gasteiger partial charge in [-0.25, -0.2) is 4.31 Å². The number of rotatable bonds is 2. The van der Waals surface area contributed by atoms with Crippen molar-refractivity contribution in [3.8, 4) is 0 Å². The molecule has 0 aliphatic carbocycles. The van der Waals surface area contributed by atoms with Gasteiger partial charge in [-0.05, 0) is 49.2 Å². The van der Waals surface area contributed by atoms with Gasteiger partial charge in [0.15, 0.2) is 0 Å². The summed E-state index contributed by atoms with van der Waals surface area (Å²) >= 11 is 1.59. The molecule has 2 N–H and O–H groups in total. The van der Waals surface area contributed by atoms with Gasteiger partial charge >= 0.3 is 0 Å². The number of carbonyl (C=O) groups excluding carboxylic acids is 1. The lowest BCUT2D eigenvalue weighted by Gasteiger charge is -2.33. The maximum atomic E-state index is 11.5. The molecule has 2 aliphatic heterocycles. The van der Waals surface area contributed by atoms with Crippen molar-refractivity contribution in [1.82, 2.24) is 4.31 Å². The van der Waals surface area contributed by atoms with Crippen LogP contribution in [0.25, 0.3) is 0 Å². The molecule has 0 spiro atoms. The zero-order valence-corrected chi connectivity index (χ0v) is 12.4. The van der Waals surface area contributed by atoms with Crippen molar-refractivity contribution in [3.05, 3.63) is 23.8 Å². The predicted octanol–water partition coefficient (Wildman–Crippen LogP) is 0.872. The number of ether oxygens (including phenoxy) is 1. The lowest BCUT2D eigenvalue weighted by Crippen LogP contribution is -2.42. The number of hydrogen-bond acceptors (Lipinski definition) is 5. The van der Waals surface area contributed by atoms with Crippen molar-refractivity contribution in [2.45, 2.75) is 17.4 Å². The lowest BCUT2D eigenvalue weighted by molar-refractivity contribution is -0.121. The van der Waals surface area contributed by atoms with E-state index in [0.29, 0.717) is 6.42 Å². The Kier molecular flexibility index (Phi) is 3.87. The number of amides is 1. The molecule has 1 atom stereocenters. The minimum absolute atomic E-state index is 0.229. The number of nitrogens with two attached hydrogens (primary N) is 1. The Morgan fingerprint density at radius 3 is 2.85 bits per heavy atom. The maximum absolute atomic E-state index is 11.5. The van der Waals surface area contributed by atoms with Gasteiger partial charge in [0, 0.05) is 23.7 Å². The van der Waals surface area contributed by atoms with Crippen LogP contribution in [-0.2, 0) is 16.0 Å². The quantitative estimate of drug-likeness (QED) is 0.820. The minimum atomic E-state index is -0.262. The Morgan fingerprint density at radius 1 is 1.40 bits per heavy atom. The highest BCUT2D eigenvalue weighted by Crippen LogP contribution is 2.36. The molecule has 3 rings (SSSR count). The molecule has 1 saturated heterocycles. The number of primary amides is 1. The standard InChI is InChI=1S/C14H19N3O2S/c1-16-12(14(15)18)9-10-8-11(2-3-13(10)20-16)17-4-6-19-7-5-17/h2-3,8,12H,4-7,9H2,1H3,(H2,15,18). The van der Waals surface area contributed by atoms with E-state index in [1.807, 2.05) is 11.4 Å². The number of fused-ring (bicyclic) bond motifs is 1. The summed E-state index contributed by atoms with van der Waals surface area (Å²) in [5.41, 5.74) is 7.89. The molecule has 6 heteroatoms. The number of morpholine rings is 1. The van der Waals surface area contributed by atoms with Gasteiger partial charge in [0.1, 0.15) is 6.04 Å². The smallest absolute Gasteiger partial charge is 0.236 e. The van der Waals surface area contributed by atoms with E-state index in [1.165, 1.54) is 16.1 Å². The minimum Gasteiger partial charge on any atom is -0.378 e. The first-order valence-electron chi connectivity index (χ1n) is 6.81. The zero-order valence-electron chi connectivity index (χ0n) is 11.5. The van der Waals surface area contributed by atoms with Gasteiger partial charge in [0.2, 0.25) is 5.91 Å². The number of likely N-dealkylation sites (N-methyl/N-ethyl adjacent to an activating group) is 1. The van der Waals surface area contributed by atoms with Gasteiger partial charge in [-0.1, -0.05) is 0 Å². The van der Waals surface area contributed by atoms with Gasteiger partial charge in [0.25, 0.3) is 0 Å². The fraction of sp³-hybridized carbons (Fsp3) is 0.500. The molecule has 108 valence electrons. The summed E-state index contributed by atoms with van der Waals surface area (Å²) in [6, 6.07) is 6.25. The summed E-state index contributed by atoms with van der Waals surface area (Å²) < 4.78 is 7.33. The molecule has 1 aromatic rings. The second kappa shape index (κ2) is 5.63. The van der Waals surface area contributed by atoms with Crippen LogP contribution in [0.2, 0.25) is 0 Å². The van der Waals surface area contributed by atoms with Gasteiger partial charge < -0.3 is 15.4 Å². The van der Waals surface area contributed by atoms with Crippen molar-refractivity contribution in [2.75, 3.05) is 38.3 Å². The molecule has 20 heavy (non-hydrogen) atoms. The monoisotopic (exact) mass is 293 g/mol. The second-order valence-corrected chi connectivity index (χ2v) is 6.35. The molecule has 1 aromatic carbocycles. The molecule has 1 fully saturated rings. The summed E-state index contributed by atoms with van der Waals surface area (Å²) in [7, 11) is 1.92. The molecular weight excluding hydrogens is 274 g/mol. The van der Waals surface area contributed by atoms with Crippen LogP contribution in [0, 0.1) is 0 Å². The highest BCUT2D eigenvalue weighted by molar-refractivity contribution is 7.97. The zero-order chi connectivity index (χ0) is 14.1. The topological polar surface area (TPSA) is 58.8 Å². The third-order valence-electron chi connectivity index (χ3n) is 3.84. The summed E-state index contributed by atoms with van der Waals surface area (Å²) in [4.78, 5) is 15.0. The molecule has 0 bridgehead atoms. The van der Waals surface area contributed by atoms with Gasteiger partial charge in [0.05, 0.1) is 13.2 Å². The SMILES string of the molecule is CN1Sc2ccc(N3CCOCC3)cc2CC1C(N)=O. The molecule has 0 aromatic heterocycles. The van der Waals surface area contributed by atoms with E-state index in [0.717, 1.165) is 26.3 Å². The van der Waals surface area contributed by atoms with Crippen LogP contribution in [0.5, 0.6) is 0 Å². The highest BCUT2D eigenvalue weighted by atomic mass is 32.2. The first-order valence-corrected chi connectivity index (χ1v) is 7.58. The largest absolute Gasteiger partial charge is 0.378 e. The van der Waals surface area contributed by atoms with E-state index >= 15 is 0 Å².